The molecule has 0 aliphatic heterocycles. The minimum absolute atomic E-state index is 0.265. The van der Waals surface area contributed by atoms with Crippen LogP contribution in [0.1, 0.15) is 25.3 Å². The summed E-state index contributed by atoms with van der Waals surface area (Å²) >= 11 is 0. The third-order valence-electron chi connectivity index (χ3n) is 3.31. The molecule has 0 amide bonds. The van der Waals surface area contributed by atoms with Gasteiger partial charge in [0.1, 0.15) is 5.82 Å². The van der Waals surface area contributed by atoms with Crippen molar-refractivity contribution in [1.82, 2.24) is 10.1 Å². The van der Waals surface area contributed by atoms with Crippen LogP contribution in [0.25, 0.3) is 22.2 Å². The van der Waals surface area contributed by atoms with Crippen LogP contribution < -0.4 is 5.73 Å². The average Bonchev–Trinajstić information content (AvgIpc) is 2.97. The molecule has 1 aromatic heterocycles. The maximum atomic E-state index is 13.8. The predicted molar refractivity (Wildman–Crippen MR) is 74.4 cm³/mol. The van der Waals surface area contributed by atoms with E-state index in [4.69, 9.17) is 10.3 Å². The van der Waals surface area contributed by atoms with Gasteiger partial charge in [0, 0.05) is 10.9 Å². The Morgan fingerprint density at radius 3 is 2.70 bits per heavy atom. The van der Waals surface area contributed by atoms with E-state index in [2.05, 4.69) is 10.1 Å². The van der Waals surface area contributed by atoms with Crippen LogP contribution in [0.5, 0.6) is 0 Å². The van der Waals surface area contributed by atoms with Crippen LogP contribution in [0.15, 0.2) is 40.9 Å². The van der Waals surface area contributed by atoms with Crippen molar-refractivity contribution in [2.24, 2.45) is 5.73 Å². The summed E-state index contributed by atoms with van der Waals surface area (Å²) in [6.07, 6.45) is 0.714. The first kappa shape index (κ1) is 12.7. The minimum atomic E-state index is -0.275. The fourth-order valence-corrected chi connectivity index (χ4v) is 2.13. The highest BCUT2D eigenvalue weighted by Gasteiger charge is 2.16. The van der Waals surface area contributed by atoms with Gasteiger partial charge in [0.15, 0.2) is 0 Å². The summed E-state index contributed by atoms with van der Waals surface area (Å²) in [6, 6.07) is 10.0. The van der Waals surface area contributed by atoms with Crippen molar-refractivity contribution < 1.29 is 8.91 Å². The van der Waals surface area contributed by atoms with Gasteiger partial charge in [-0.15, -0.1) is 0 Å². The maximum Gasteiger partial charge on any atom is 0.243 e. The van der Waals surface area contributed by atoms with Crippen LogP contribution in [0.2, 0.25) is 0 Å². The number of hydrogen-bond acceptors (Lipinski definition) is 4. The highest BCUT2D eigenvalue weighted by Crippen LogP contribution is 2.29. The zero-order valence-corrected chi connectivity index (χ0v) is 11.0. The number of fused-ring (bicyclic) bond motifs is 1. The van der Waals surface area contributed by atoms with Crippen LogP contribution in [0.3, 0.4) is 0 Å². The zero-order chi connectivity index (χ0) is 14.1. The molecule has 0 saturated carbocycles. The topological polar surface area (TPSA) is 64.9 Å². The fraction of sp³-hybridized carbons (Fsp3) is 0.200. The molecule has 1 atom stereocenters. The molecule has 4 nitrogen and oxygen atoms in total. The van der Waals surface area contributed by atoms with E-state index in [0.717, 1.165) is 10.9 Å². The zero-order valence-electron chi connectivity index (χ0n) is 11.0. The summed E-state index contributed by atoms with van der Waals surface area (Å²) in [5.74, 6) is 0.564. The molecule has 3 aromatic rings. The van der Waals surface area contributed by atoms with E-state index in [0.29, 0.717) is 23.5 Å². The molecular weight excluding hydrogens is 257 g/mol. The monoisotopic (exact) mass is 271 g/mol. The normalized spacial score (nSPS) is 12.8. The summed E-state index contributed by atoms with van der Waals surface area (Å²) in [4.78, 5) is 4.31. The molecule has 20 heavy (non-hydrogen) atoms. The first-order valence-corrected chi connectivity index (χ1v) is 6.47. The number of hydrogen-bond donors (Lipinski definition) is 1. The smallest absolute Gasteiger partial charge is 0.243 e. The van der Waals surface area contributed by atoms with E-state index in [1.165, 1.54) is 6.07 Å². The van der Waals surface area contributed by atoms with Gasteiger partial charge in [-0.05, 0) is 23.9 Å². The molecule has 2 N–H and O–H groups in total. The number of rotatable bonds is 3. The molecule has 102 valence electrons. The Bertz CT molecular complexity index is 754. The Labute approximate surface area is 115 Å². The lowest BCUT2D eigenvalue weighted by molar-refractivity contribution is 0.352. The largest absolute Gasteiger partial charge is 0.337 e. The molecule has 0 bridgehead atoms. The molecule has 3 rings (SSSR count). The molecule has 0 radical (unpaired) electrons. The van der Waals surface area contributed by atoms with Gasteiger partial charge in [0.05, 0.1) is 6.04 Å². The summed E-state index contributed by atoms with van der Waals surface area (Å²) in [5.41, 5.74) is 6.60. The highest BCUT2D eigenvalue weighted by atomic mass is 19.1. The summed E-state index contributed by atoms with van der Waals surface area (Å²) in [7, 11) is 0. The number of nitrogens with zero attached hydrogens (tertiary/aromatic N) is 2. The number of aromatic nitrogens is 2. The molecule has 0 fully saturated rings. The lowest BCUT2D eigenvalue weighted by Crippen LogP contribution is -2.08. The van der Waals surface area contributed by atoms with E-state index in [-0.39, 0.29) is 11.9 Å². The first-order chi connectivity index (χ1) is 9.70. The lowest BCUT2D eigenvalue weighted by atomic mass is 10.0. The molecule has 2 aromatic carbocycles. The van der Waals surface area contributed by atoms with Gasteiger partial charge in [0.2, 0.25) is 11.7 Å². The number of halogens is 1. The van der Waals surface area contributed by atoms with Crippen LogP contribution in [-0.2, 0) is 0 Å². The van der Waals surface area contributed by atoms with Crippen molar-refractivity contribution in [2.45, 2.75) is 19.4 Å². The number of benzene rings is 2. The second-order valence-corrected chi connectivity index (χ2v) is 4.61. The third kappa shape index (κ3) is 2.06. The van der Waals surface area contributed by atoms with Crippen molar-refractivity contribution >= 4 is 10.8 Å². The summed E-state index contributed by atoms with van der Waals surface area (Å²) in [6.45, 7) is 1.95. The lowest BCUT2D eigenvalue weighted by Gasteiger charge is -2.03. The Morgan fingerprint density at radius 1 is 1.20 bits per heavy atom. The van der Waals surface area contributed by atoms with Gasteiger partial charge in [-0.1, -0.05) is 36.3 Å². The van der Waals surface area contributed by atoms with Crippen molar-refractivity contribution in [3.63, 3.8) is 0 Å². The minimum Gasteiger partial charge on any atom is -0.337 e. The molecule has 1 heterocycles. The molecular formula is C15H14FN3O. The third-order valence-corrected chi connectivity index (χ3v) is 3.31. The Balaban J connectivity index is 2.15. The average molecular weight is 271 g/mol. The van der Waals surface area contributed by atoms with Crippen LogP contribution in [0.4, 0.5) is 4.39 Å². The molecule has 0 aliphatic carbocycles. The van der Waals surface area contributed by atoms with Gasteiger partial charge in [-0.2, -0.15) is 4.98 Å². The van der Waals surface area contributed by atoms with E-state index in [9.17, 15) is 4.39 Å². The Morgan fingerprint density at radius 2 is 1.95 bits per heavy atom. The molecule has 0 saturated heterocycles. The van der Waals surface area contributed by atoms with Gasteiger partial charge in [-0.3, -0.25) is 0 Å². The highest BCUT2D eigenvalue weighted by molar-refractivity contribution is 5.95. The van der Waals surface area contributed by atoms with Crippen LogP contribution in [0, 0.1) is 5.82 Å². The van der Waals surface area contributed by atoms with Crippen molar-refractivity contribution in [1.29, 1.82) is 0 Å². The molecule has 0 spiro atoms. The predicted octanol–water partition coefficient (Wildman–Crippen LogP) is 3.44. The van der Waals surface area contributed by atoms with Gasteiger partial charge in [-0.25, -0.2) is 4.39 Å². The van der Waals surface area contributed by atoms with E-state index >= 15 is 0 Å². The molecule has 0 aliphatic rings. The van der Waals surface area contributed by atoms with E-state index < -0.39 is 0 Å². The van der Waals surface area contributed by atoms with Gasteiger partial charge < -0.3 is 10.3 Å². The first-order valence-electron chi connectivity index (χ1n) is 6.47. The van der Waals surface area contributed by atoms with Crippen LogP contribution in [-0.4, -0.2) is 10.1 Å². The number of nitrogens with two attached hydrogens (primary N) is 1. The maximum absolute atomic E-state index is 13.8. The van der Waals surface area contributed by atoms with Gasteiger partial charge >= 0.3 is 0 Å². The van der Waals surface area contributed by atoms with E-state index in [1.807, 2.05) is 19.1 Å². The quantitative estimate of drug-likeness (QED) is 0.792. The van der Waals surface area contributed by atoms with Crippen molar-refractivity contribution in [2.75, 3.05) is 0 Å². The summed E-state index contributed by atoms with van der Waals surface area (Å²) in [5, 5.41) is 5.24. The van der Waals surface area contributed by atoms with Crippen molar-refractivity contribution in [3.05, 3.63) is 48.1 Å². The van der Waals surface area contributed by atoms with Crippen LogP contribution >= 0.6 is 0 Å². The fourth-order valence-electron chi connectivity index (χ4n) is 2.13. The molecule has 5 heteroatoms. The second kappa shape index (κ2) is 5.02. The Hall–Kier alpha value is -2.27. The Kier molecular flexibility index (Phi) is 3.20. The summed E-state index contributed by atoms with van der Waals surface area (Å²) < 4.78 is 19.0. The second-order valence-electron chi connectivity index (χ2n) is 4.61. The molecule has 0 unspecified atom stereocenters. The van der Waals surface area contributed by atoms with Crippen molar-refractivity contribution in [3.8, 4) is 11.4 Å². The SMILES string of the molecule is CC[C@@H](N)c1nc(-c2ccc(F)c3ccccc23)no1. The van der Waals surface area contributed by atoms with E-state index in [1.54, 1.807) is 18.2 Å². The standard InChI is InChI=1S/C15H14FN3O/c1-2-13(17)15-18-14(19-20-15)11-7-8-12(16)10-6-4-3-5-9(10)11/h3-8,13H,2,17H2,1H3/t13-/m1/s1. The van der Waals surface area contributed by atoms with Gasteiger partial charge in [0.25, 0.3) is 0 Å².